The van der Waals surface area contributed by atoms with Crippen molar-refractivity contribution in [3.8, 4) is 0 Å². The molecule has 1 N–H and O–H groups in total. The predicted octanol–water partition coefficient (Wildman–Crippen LogP) is 1.32. The highest BCUT2D eigenvalue weighted by atomic mass is 32.2. The molecule has 0 aromatic heterocycles. The van der Waals surface area contributed by atoms with E-state index in [0.717, 1.165) is 5.56 Å². The Hall–Kier alpha value is -2.02. The van der Waals surface area contributed by atoms with Gasteiger partial charge in [0.2, 0.25) is 5.91 Å². The fourth-order valence-electron chi connectivity index (χ4n) is 3.74. The van der Waals surface area contributed by atoms with Crippen LogP contribution in [0.25, 0.3) is 0 Å². The summed E-state index contributed by atoms with van der Waals surface area (Å²) >= 11 is 1.55. The maximum atomic E-state index is 13.0. The van der Waals surface area contributed by atoms with Gasteiger partial charge in [-0.2, -0.15) is 0 Å². The van der Waals surface area contributed by atoms with Crippen LogP contribution in [0.2, 0.25) is 0 Å². The van der Waals surface area contributed by atoms with Crippen molar-refractivity contribution in [2.24, 2.45) is 5.92 Å². The fourth-order valence-corrected chi connectivity index (χ4v) is 5.33. The zero-order chi connectivity index (χ0) is 19.2. The largest absolute Gasteiger partial charge is 0.548 e. The molecular weight excluding hydrogens is 352 g/mol. The highest BCUT2D eigenvalue weighted by Crippen LogP contribution is 2.56. The van der Waals surface area contributed by atoms with E-state index in [9.17, 15) is 19.5 Å². The second-order valence-corrected chi connectivity index (χ2v) is 9.52. The van der Waals surface area contributed by atoms with Crippen LogP contribution in [-0.2, 0) is 9.59 Å². The number of nitrogens with one attached hydrogen (secondary N) is 1. The van der Waals surface area contributed by atoms with Crippen molar-refractivity contribution in [3.63, 3.8) is 0 Å². The van der Waals surface area contributed by atoms with Crippen LogP contribution in [0.5, 0.6) is 0 Å². The number of aliphatic carboxylic acids is 1. The highest BCUT2D eigenvalue weighted by molar-refractivity contribution is 8.01. The summed E-state index contributed by atoms with van der Waals surface area (Å²) in [6.07, 6.45) is 0.284. The van der Waals surface area contributed by atoms with Crippen molar-refractivity contribution in [1.82, 2.24) is 10.2 Å². The third-order valence-corrected chi connectivity index (χ3v) is 6.39. The first kappa shape index (κ1) is 18.8. The van der Waals surface area contributed by atoms with Gasteiger partial charge in [-0.05, 0) is 37.8 Å². The number of carbonyl (C=O) groups is 3. The molecular formula is C19H23N2O4S-. The van der Waals surface area contributed by atoms with E-state index in [0.29, 0.717) is 5.56 Å². The number of hydrogen-bond donors (Lipinski definition) is 1. The van der Waals surface area contributed by atoms with Gasteiger partial charge in [0.15, 0.2) is 0 Å². The quantitative estimate of drug-likeness (QED) is 0.838. The summed E-state index contributed by atoms with van der Waals surface area (Å²) in [6, 6.07) is 5.55. The Morgan fingerprint density at radius 2 is 1.96 bits per heavy atom. The summed E-state index contributed by atoms with van der Waals surface area (Å²) in [5, 5.41) is 13.8. The smallest absolute Gasteiger partial charge is 0.256 e. The summed E-state index contributed by atoms with van der Waals surface area (Å²) in [7, 11) is 0. The van der Waals surface area contributed by atoms with Crippen molar-refractivity contribution in [2.75, 3.05) is 0 Å². The second-order valence-electron chi connectivity index (χ2n) is 7.79. The monoisotopic (exact) mass is 375 g/mol. The molecule has 1 aromatic carbocycles. The van der Waals surface area contributed by atoms with Crippen LogP contribution in [0.3, 0.4) is 0 Å². The molecule has 3 rings (SSSR count). The van der Waals surface area contributed by atoms with Gasteiger partial charge in [-0.3, -0.25) is 9.59 Å². The molecule has 3 atom stereocenters. The molecule has 0 bridgehead atoms. The number of rotatable bonds is 5. The number of fused-ring (bicyclic) bond motifs is 3. The molecule has 2 aliphatic rings. The Balaban J connectivity index is 1.88. The van der Waals surface area contributed by atoms with Crippen molar-refractivity contribution >= 4 is 29.5 Å². The zero-order valence-electron chi connectivity index (χ0n) is 15.3. The molecule has 2 heterocycles. The van der Waals surface area contributed by atoms with Gasteiger partial charge in [-0.1, -0.05) is 32.0 Å². The van der Waals surface area contributed by atoms with Gasteiger partial charge in [0, 0.05) is 10.3 Å². The average molecular weight is 375 g/mol. The lowest BCUT2D eigenvalue weighted by molar-refractivity contribution is -0.308. The molecule has 2 amide bonds. The minimum absolute atomic E-state index is 0.0922. The fraction of sp³-hybridized carbons (Fsp3) is 0.526. The molecule has 0 unspecified atom stereocenters. The molecule has 0 spiro atoms. The molecule has 1 aromatic rings. The van der Waals surface area contributed by atoms with Crippen molar-refractivity contribution in [3.05, 3.63) is 35.4 Å². The van der Waals surface area contributed by atoms with E-state index in [1.54, 1.807) is 28.8 Å². The normalized spacial score (nSPS) is 24.3. The zero-order valence-corrected chi connectivity index (χ0v) is 16.1. The average Bonchev–Trinajstić information content (AvgIpc) is 2.97. The molecule has 6 nitrogen and oxygen atoms in total. The summed E-state index contributed by atoms with van der Waals surface area (Å²) in [4.78, 5) is 38.9. The third-order valence-electron chi connectivity index (χ3n) is 4.85. The Kier molecular flexibility index (Phi) is 4.77. The predicted molar refractivity (Wildman–Crippen MR) is 97.2 cm³/mol. The van der Waals surface area contributed by atoms with E-state index < -0.39 is 28.7 Å². The Morgan fingerprint density at radius 1 is 1.31 bits per heavy atom. The summed E-state index contributed by atoms with van der Waals surface area (Å²) in [5.74, 6) is -1.84. The molecule has 7 heteroatoms. The number of nitrogens with zero attached hydrogens (tertiary/aromatic N) is 1. The molecule has 0 aliphatic carbocycles. The van der Waals surface area contributed by atoms with E-state index in [2.05, 4.69) is 5.32 Å². The van der Waals surface area contributed by atoms with Crippen LogP contribution in [0.15, 0.2) is 24.3 Å². The lowest BCUT2D eigenvalue weighted by atomic mass is 9.98. The minimum atomic E-state index is -1.30. The first-order valence-electron chi connectivity index (χ1n) is 8.74. The SMILES string of the molecule is CC(C)C[C@@H](NC(=O)[C@H]1N2C(=O)c3ccccc3[C@H]2SC1(C)C)C(=O)[O-]. The molecule has 1 fully saturated rings. The van der Waals surface area contributed by atoms with E-state index in [1.165, 1.54) is 0 Å². The number of amides is 2. The van der Waals surface area contributed by atoms with Crippen LogP contribution in [-0.4, -0.2) is 39.5 Å². The van der Waals surface area contributed by atoms with E-state index in [1.807, 2.05) is 39.8 Å². The molecule has 26 heavy (non-hydrogen) atoms. The maximum Gasteiger partial charge on any atom is 0.256 e. The highest BCUT2D eigenvalue weighted by Gasteiger charge is 2.57. The van der Waals surface area contributed by atoms with Crippen LogP contribution in [0.4, 0.5) is 0 Å². The number of carboxylic acids is 1. The van der Waals surface area contributed by atoms with Gasteiger partial charge >= 0.3 is 0 Å². The first-order valence-corrected chi connectivity index (χ1v) is 9.62. The first-order chi connectivity index (χ1) is 12.1. The minimum Gasteiger partial charge on any atom is -0.548 e. The molecule has 2 aliphatic heterocycles. The van der Waals surface area contributed by atoms with Gasteiger partial charge in [0.05, 0.1) is 12.0 Å². The van der Waals surface area contributed by atoms with E-state index in [4.69, 9.17) is 0 Å². The standard InChI is InChI=1S/C19H24N2O4S/c1-10(2)9-13(18(24)25)20-15(22)14-19(3,4)26-17-12-8-6-5-7-11(12)16(23)21(14)17/h5-8,10,13-14,17H,9H2,1-4H3,(H,20,22)(H,24,25)/p-1/t13-,14-,17-/m1/s1. The molecule has 0 radical (unpaired) electrons. The number of carboxylic acid groups (broad SMARTS) is 1. The molecule has 140 valence electrons. The number of carbonyl (C=O) groups excluding carboxylic acids is 3. The Bertz CT molecular complexity index is 762. The maximum absolute atomic E-state index is 13.0. The van der Waals surface area contributed by atoms with Gasteiger partial charge in [0.1, 0.15) is 11.4 Å². The Labute approximate surface area is 157 Å². The van der Waals surface area contributed by atoms with Gasteiger partial charge < -0.3 is 20.1 Å². The van der Waals surface area contributed by atoms with E-state index >= 15 is 0 Å². The number of hydrogen-bond acceptors (Lipinski definition) is 5. The van der Waals surface area contributed by atoms with Crippen molar-refractivity contribution in [1.29, 1.82) is 0 Å². The lowest BCUT2D eigenvalue weighted by Gasteiger charge is -2.32. The van der Waals surface area contributed by atoms with Crippen LogP contribution >= 0.6 is 11.8 Å². The topological polar surface area (TPSA) is 89.5 Å². The third kappa shape index (κ3) is 3.09. The van der Waals surface area contributed by atoms with Gasteiger partial charge in [0.25, 0.3) is 5.91 Å². The summed E-state index contributed by atoms with van der Waals surface area (Å²) < 4.78 is -0.535. The summed E-state index contributed by atoms with van der Waals surface area (Å²) in [5.41, 5.74) is 1.52. The number of thioether (sulfide) groups is 1. The van der Waals surface area contributed by atoms with Crippen LogP contribution < -0.4 is 10.4 Å². The van der Waals surface area contributed by atoms with Crippen LogP contribution in [0.1, 0.15) is 55.4 Å². The van der Waals surface area contributed by atoms with Gasteiger partial charge in [-0.15, -0.1) is 11.8 Å². The second kappa shape index (κ2) is 6.61. The number of benzene rings is 1. The van der Waals surface area contributed by atoms with Crippen molar-refractivity contribution < 1.29 is 19.5 Å². The lowest BCUT2D eigenvalue weighted by Crippen LogP contribution is -2.57. The van der Waals surface area contributed by atoms with Crippen molar-refractivity contribution in [2.45, 2.75) is 56.3 Å². The molecule has 1 saturated heterocycles. The summed E-state index contributed by atoms with van der Waals surface area (Å²) in [6.45, 7) is 7.58. The molecule has 0 saturated carbocycles. The van der Waals surface area contributed by atoms with E-state index in [-0.39, 0.29) is 23.6 Å². The Morgan fingerprint density at radius 3 is 2.58 bits per heavy atom. The van der Waals surface area contributed by atoms with Crippen LogP contribution in [0, 0.1) is 5.92 Å². The van der Waals surface area contributed by atoms with Gasteiger partial charge in [-0.25, -0.2) is 0 Å².